The normalized spacial score (nSPS) is 34.0. The minimum Gasteiger partial charge on any atom is -0.387 e. The molecular formula is C21H24ClN4O7P. The molecule has 4 heterocycles. The fourth-order valence-electron chi connectivity index (χ4n) is 4.23. The second-order valence-corrected chi connectivity index (χ2v) is 10.5. The molecule has 3 aromatic rings. The molecule has 0 spiro atoms. The van der Waals surface area contributed by atoms with Gasteiger partial charge in [-0.1, -0.05) is 23.7 Å². The van der Waals surface area contributed by atoms with Crippen molar-refractivity contribution in [2.24, 2.45) is 0 Å². The van der Waals surface area contributed by atoms with Gasteiger partial charge >= 0.3 is 7.82 Å². The van der Waals surface area contributed by atoms with Gasteiger partial charge < -0.3 is 25.3 Å². The van der Waals surface area contributed by atoms with Gasteiger partial charge in [0.15, 0.2) is 6.23 Å². The van der Waals surface area contributed by atoms with Crippen LogP contribution in [0, 0.1) is 0 Å². The Bertz CT molecular complexity index is 1250. The third-order valence-corrected chi connectivity index (χ3v) is 7.76. The highest BCUT2D eigenvalue weighted by molar-refractivity contribution is 7.48. The van der Waals surface area contributed by atoms with Crippen LogP contribution in [0.2, 0.25) is 5.02 Å². The van der Waals surface area contributed by atoms with Crippen LogP contribution >= 0.6 is 19.4 Å². The van der Waals surface area contributed by atoms with Crippen molar-refractivity contribution in [1.29, 1.82) is 0 Å². The number of aliphatic hydroxyl groups is 2. The molecule has 34 heavy (non-hydrogen) atoms. The maximum absolute atomic E-state index is 13.1. The van der Waals surface area contributed by atoms with Gasteiger partial charge in [0.25, 0.3) is 0 Å². The summed E-state index contributed by atoms with van der Waals surface area (Å²) in [5.41, 5.74) is 5.36. The predicted octanol–water partition coefficient (Wildman–Crippen LogP) is 2.98. The molecule has 5 rings (SSSR count). The molecule has 2 saturated heterocycles. The summed E-state index contributed by atoms with van der Waals surface area (Å²) in [7, 11) is -3.96. The van der Waals surface area contributed by atoms with Crippen LogP contribution in [0.4, 0.5) is 5.82 Å². The Morgan fingerprint density at radius 3 is 3.00 bits per heavy atom. The smallest absolute Gasteiger partial charge is 0.387 e. The molecule has 0 aliphatic carbocycles. The average Bonchev–Trinajstić information content (AvgIpc) is 3.32. The fraction of sp³-hybridized carbons (Fsp3) is 0.429. The number of anilines is 1. The maximum atomic E-state index is 13.1. The Morgan fingerprint density at radius 1 is 1.38 bits per heavy atom. The van der Waals surface area contributed by atoms with E-state index in [0.29, 0.717) is 22.5 Å². The number of fused-ring (bicyclic) bond motifs is 1. The molecule has 182 valence electrons. The number of phosphoric ester groups is 1. The van der Waals surface area contributed by atoms with Gasteiger partial charge in [-0.15, -0.1) is 0 Å². The van der Waals surface area contributed by atoms with E-state index < -0.39 is 38.0 Å². The van der Waals surface area contributed by atoms with E-state index in [2.05, 4.69) is 9.97 Å². The zero-order chi connectivity index (χ0) is 24.1. The summed E-state index contributed by atoms with van der Waals surface area (Å²) in [6, 6.07) is 8.74. The van der Waals surface area contributed by atoms with Gasteiger partial charge in [0, 0.05) is 17.6 Å². The molecule has 0 amide bonds. The minimum absolute atomic E-state index is 0.152. The lowest BCUT2D eigenvalue weighted by Crippen LogP contribution is -2.44. The van der Waals surface area contributed by atoms with Crippen molar-refractivity contribution in [3.8, 4) is 0 Å². The number of nitrogen functional groups attached to an aromatic ring is 1. The number of nitrogens with two attached hydrogens (primary N) is 1. The van der Waals surface area contributed by atoms with Gasteiger partial charge in [-0.2, -0.15) is 0 Å². The Labute approximate surface area is 200 Å². The SMILES string of the molecule is C[C@@]1(O)[C@H](O)[C@@H](COP2(=O)OCC[C@@H](c3cccc(Cl)c3)O2)O[C@H]1n1ccc2c(N)ncnc21. The molecule has 2 aliphatic heterocycles. The summed E-state index contributed by atoms with van der Waals surface area (Å²) >= 11 is 6.05. The van der Waals surface area contributed by atoms with Gasteiger partial charge in [-0.05, 0) is 30.7 Å². The Morgan fingerprint density at radius 2 is 2.21 bits per heavy atom. The fourth-order valence-corrected chi connectivity index (χ4v) is 5.83. The van der Waals surface area contributed by atoms with E-state index in [1.807, 2.05) is 6.07 Å². The maximum Gasteiger partial charge on any atom is 0.475 e. The molecule has 2 aliphatic rings. The number of hydrogen-bond acceptors (Lipinski definition) is 10. The van der Waals surface area contributed by atoms with Crippen LogP contribution in [0.25, 0.3) is 11.0 Å². The van der Waals surface area contributed by atoms with Gasteiger partial charge in [-0.25, -0.2) is 14.5 Å². The number of halogens is 1. The van der Waals surface area contributed by atoms with Crippen LogP contribution < -0.4 is 5.73 Å². The number of phosphoric acid groups is 1. The first kappa shape index (κ1) is 23.7. The van der Waals surface area contributed by atoms with Crippen LogP contribution in [0.15, 0.2) is 42.9 Å². The third kappa shape index (κ3) is 4.23. The first-order chi connectivity index (χ1) is 16.2. The van der Waals surface area contributed by atoms with Gasteiger partial charge in [0.2, 0.25) is 0 Å². The zero-order valence-corrected chi connectivity index (χ0v) is 19.8. The monoisotopic (exact) mass is 510 g/mol. The lowest BCUT2D eigenvalue weighted by atomic mass is 9.96. The highest BCUT2D eigenvalue weighted by atomic mass is 35.5. The van der Waals surface area contributed by atoms with E-state index >= 15 is 0 Å². The quantitative estimate of drug-likeness (QED) is 0.437. The number of nitrogens with zero attached hydrogens (tertiary/aromatic N) is 3. The van der Waals surface area contributed by atoms with Crippen molar-refractivity contribution >= 4 is 36.3 Å². The lowest BCUT2D eigenvalue weighted by molar-refractivity contribution is -0.0950. The largest absolute Gasteiger partial charge is 0.475 e. The lowest BCUT2D eigenvalue weighted by Gasteiger charge is -2.30. The molecule has 1 aromatic carbocycles. The van der Waals surface area contributed by atoms with Crippen molar-refractivity contribution in [2.75, 3.05) is 18.9 Å². The number of rotatable bonds is 5. The Balaban J connectivity index is 1.31. The van der Waals surface area contributed by atoms with Crippen LogP contribution in [0.5, 0.6) is 0 Å². The average molecular weight is 511 g/mol. The minimum atomic E-state index is -3.96. The molecule has 13 heteroatoms. The van der Waals surface area contributed by atoms with E-state index in [4.69, 9.17) is 35.6 Å². The molecule has 6 atom stereocenters. The highest BCUT2D eigenvalue weighted by Gasteiger charge is 2.54. The number of benzene rings is 1. The molecule has 0 saturated carbocycles. The molecule has 1 unspecified atom stereocenters. The van der Waals surface area contributed by atoms with E-state index in [1.165, 1.54) is 13.3 Å². The number of aromatic nitrogens is 3. The second-order valence-electron chi connectivity index (χ2n) is 8.43. The second kappa shape index (κ2) is 8.85. The van der Waals surface area contributed by atoms with Gasteiger partial charge in [-0.3, -0.25) is 13.6 Å². The Kier molecular flexibility index (Phi) is 6.16. The predicted molar refractivity (Wildman–Crippen MR) is 122 cm³/mol. The van der Waals surface area contributed by atoms with Crippen molar-refractivity contribution in [3.05, 3.63) is 53.4 Å². The van der Waals surface area contributed by atoms with Crippen LogP contribution in [0.3, 0.4) is 0 Å². The zero-order valence-electron chi connectivity index (χ0n) is 18.2. The molecule has 0 radical (unpaired) electrons. The molecule has 11 nitrogen and oxygen atoms in total. The summed E-state index contributed by atoms with van der Waals surface area (Å²) in [6.07, 6.45) is -0.532. The topological polar surface area (TPSA) is 151 Å². The molecule has 2 fully saturated rings. The summed E-state index contributed by atoms with van der Waals surface area (Å²) in [5.74, 6) is 0.278. The van der Waals surface area contributed by atoms with Crippen LogP contribution in [-0.2, 0) is 22.9 Å². The number of hydrogen-bond donors (Lipinski definition) is 3. The Hall–Kier alpha value is -2.08. The van der Waals surface area contributed by atoms with E-state index in [1.54, 1.807) is 35.0 Å². The summed E-state index contributed by atoms with van der Waals surface area (Å²) in [5, 5.41) is 22.9. The van der Waals surface area contributed by atoms with Crippen molar-refractivity contribution < 1.29 is 33.1 Å². The molecule has 2 aromatic heterocycles. The van der Waals surface area contributed by atoms with Crippen molar-refractivity contribution in [2.45, 2.75) is 43.5 Å². The van der Waals surface area contributed by atoms with Crippen molar-refractivity contribution in [3.63, 3.8) is 0 Å². The number of ether oxygens (including phenoxy) is 1. The molecular weight excluding hydrogens is 487 g/mol. The summed E-state index contributed by atoms with van der Waals surface area (Å²) in [4.78, 5) is 8.16. The highest BCUT2D eigenvalue weighted by Crippen LogP contribution is 2.57. The summed E-state index contributed by atoms with van der Waals surface area (Å²) in [6.45, 7) is 1.24. The molecule has 4 N–H and O–H groups in total. The number of aliphatic hydroxyl groups excluding tert-OH is 1. The van der Waals surface area contributed by atoms with E-state index in [-0.39, 0.29) is 19.0 Å². The van der Waals surface area contributed by atoms with E-state index in [9.17, 15) is 14.8 Å². The third-order valence-electron chi connectivity index (χ3n) is 6.05. The van der Waals surface area contributed by atoms with Crippen LogP contribution in [-0.4, -0.2) is 55.8 Å². The first-order valence-corrected chi connectivity index (χ1v) is 12.5. The van der Waals surface area contributed by atoms with Crippen LogP contribution in [0.1, 0.15) is 31.2 Å². The van der Waals surface area contributed by atoms with Crippen molar-refractivity contribution in [1.82, 2.24) is 14.5 Å². The molecule has 0 bridgehead atoms. The van der Waals surface area contributed by atoms with Gasteiger partial charge in [0.05, 0.1) is 24.7 Å². The first-order valence-electron chi connectivity index (χ1n) is 10.6. The summed E-state index contributed by atoms with van der Waals surface area (Å²) < 4.78 is 37.1. The standard InChI is InChI=1S/C21H24ClN4O7P/c1-21(28)17(27)16(32-20(21)26-7-5-14-18(23)24-11-25-19(14)26)10-31-34(29)30-8-6-15(33-34)12-3-2-4-13(22)9-12/h2-5,7,9,11,15-17,20,27-28H,6,8,10H2,1H3,(H2,23,24,25)/t15-,16+,17+,20+,21+,34?/m0/s1. The van der Waals surface area contributed by atoms with E-state index in [0.717, 1.165) is 5.56 Å². The van der Waals surface area contributed by atoms with Gasteiger partial charge in [0.1, 0.15) is 35.6 Å².